The van der Waals surface area contributed by atoms with E-state index in [2.05, 4.69) is 39.2 Å². The van der Waals surface area contributed by atoms with Gasteiger partial charge < -0.3 is 15.5 Å². The molecule has 0 saturated carbocycles. The summed E-state index contributed by atoms with van der Waals surface area (Å²) in [6, 6.07) is 3.42. The number of alkyl halides is 3. The molecule has 0 fully saturated rings. The predicted octanol–water partition coefficient (Wildman–Crippen LogP) is 3.63. The summed E-state index contributed by atoms with van der Waals surface area (Å²) in [6.45, 7) is 10.7. The van der Waals surface area contributed by atoms with Gasteiger partial charge in [0.2, 0.25) is 11.8 Å². The lowest BCUT2D eigenvalue weighted by Gasteiger charge is -2.36. The maximum Gasteiger partial charge on any atom is 0.416 e. The normalized spacial score (nSPS) is 13.9. The number of nitrogens with two attached hydrogens (primary N) is 1. The first-order valence-corrected chi connectivity index (χ1v) is 11.9. The van der Waals surface area contributed by atoms with Crippen molar-refractivity contribution in [2.24, 2.45) is 5.73 Å². The van der Waals surface area contributed by atoms with E-state index < -0.39 is 37.9 Å². The Balaban J connectivity index is 2.62. The lowest BCUT2D eigenvalue weighted by Crippen LogP contribution is -2.47. The van der Waals surface area contributed by atoms with Gasteiger partial charge in [0, 0.05) is 6.61 Å². The van der Waals surface area contributed by atoms with Gasteiger partial charge in [0.15, 0.2) is 8.32 Å². The Kier molecular flexibility index (Phi) is 7.84. The van der Waals surface area contributed by atoms with Crippen LogP contribution in [0.15, 0.2) is 24.3 Å². The fraction of sp³-hybridized carbons (Fsp3) is 0.579. The van der Waals surface area contributed by atoms with Crippen molar-refractivity contribution >= 4 is 20.1 Å². The lowest BCUT2D eigenvalue weighted by atomic mass is 10.1. The van der Waals surface area contributed by atoms with Crippen LogP contribution >= 0.6 is 0 Å². The highest BCUT2D eigenvalue weighted by Gasteiger charge is 2.37. The van der Waals surface area contributed by atoms with Crippen LogP contribution in [0.25, 0.3) is 0 Å². The van der Waals surface area contributed by atoms with Crippen molar-refractivity contribution in [1.82, 2.24) is 5.32 Å². The van der Waals surface area contributed by atoms with E-state index in [1.54, 1.807) is 0 Å². The SMILES string of the molecule is CC(C)(C)[Si](C)(C)OCC[C@@H](NC(=O)Cc1ccc(C(F)(F)F)cc1)C(N)=O. The minimum Gasteiger partial charge on any atom is -0.417 e. The molecule has 0 bridgehead atoms. The molecule has 1 atom stereocenters. The third kappa shape index (κ3) is 7.27. The first kappa shape index (κ1) is 24.2. The van der Waals surface area contributed by atoms with Gasteiger partial charge in [0.05, 0.1) is 12.0 Å². The molecule has 3 N–H and O–H groups in total. The van der Waals surface area contributed by atoms with E-state index >= 15 is 0 Å². The van der Waals surface area contributed by atoms with Gasteiger partial charge >= 0.3 is 6.18 Å². The molecule has 0 saturated heterocycles. The summed E-state index contributed by atoms with van der Waals surface area (Å²) in [5, 5.41) is 2.55. The number of rotatable bonds is 8. The van der Waals surface area contributed by atoms with Gasteiger partial charge in [0.25, 0.3) is 0 Å². The number of amides is 2. The molecule has 0 radical (unpaired) electrons. The number of halogens is 3. The summed E-state index contributed by atoms with van der Waals surface area (Å²) in [5.41, 5.74) is 4.98. The summed E-state index contributed by atoms with van der Waals surface area (Å²) in [5.74, 6) is -1.17. The number of primary amides is 1. The standard InChI is InChI=1S/C19H29F3N2O3Si/c1-18(2,3)28(4,5)27-11-10-15(17(23)26)24-16(25)12-13-6-8-14(9-7-13)19(20,21)22/h6-9,15H,10-12H2,1-5H3,(H2,23,26)(H,24,25)/t15-/m1/s1. The number of carbonyl (C=O) groups is 2. The number of hydrogen-bond acceptors (Lipinski definition) is 3. The number of nitrogens with one attached hydrogen (secondary N) is 1. The molecule has 0 spiro atoms. The van der Waals surface area contributed by atoms with Crippen LogP contribution < -0.4 is 11.1 Å². The fourth-order valence-corrected chi connectivity index (χ4v) is 3.24. The second-order valence-corrected chi connectivity index (χ2v) is 13.1. The fourth-order valence-electron chi connectivity index (χ4n) is 2.18. The van der Waals surface area contributed by atoms with Crippen LogP contribution in [0.4, 0.5) is 13.2 Å². The second kappa shape index (κ2) is 9.08. The van der Waals surface area contributed by atoms with Crippen LogP contribution in [0.1, 0.15) is 38.3 Å². The number of benzene rings is 1. The Morgan fingerprint density at radius 1 is 1.14 bits per heavy atom. The highest BCUT2D eigenvalue weighted by atomic mass is 28.4. The van der Waals surface area contributed by atoms with Crippen LogP contribution in [0.2, 0.25) is 18.1 Å². The van der Waals surface area contributed by atoms with Gasteiger partial charge in [-0.15, -0.1) is 0 Å². The van der Waals surface area contributed by atoms with E-state index in [1.165, 1.54) is 12.1 Å². The van der Waals surface area contributed by atoms with Crippen LogP contribution in [-0.4, -0.2) is 32.8 Å². The minimum absolute atomic E-state index is 0.0149. The highest BCUT2D eigenvalue weighted by molar-refractivity contribution is 6.74. The van der Waals surface area contributed by atoms with Crippen molar-refractivity contribution in [2.75, 3.05) is 6.61 Å². The van der Waals surface area contributed by atoms with Gasteiger partial charge in [-0.05, 0) is 42.2 Å². The van der Waals surface area contributed by atoms with E-state index in [1.807, 2.05) is 0 Å². The smallest absolute Gasteiger partial charge is 0.416 e. The van der Waals surface area contributed by atoms with Crippen LogP contribution in [0.5, 0.6) is 0 Å². The molecule has 0 aliphatic carbocycles. The zero-order valence-electron chi connectivity index (χ0n) is 16.9. The van der Waals surface area contributed by atoms with Gasteiger partial charge in [0.1, 0.15) is 6.04 Å². The van der Waals surface area contributed by atoms with Crippen molar-refractivity contribution in [3.8, 4) is 0 Å². The molecule has 9 heteroatoms. The first-order valence-electron chi connectivity index (χ1n) is 9.02. The van der Waals surface area contributed by atoms with Crippen LogP contribution in [-0.2, 0) is 26.6 Å². The molecule has 158 valence electrons. The topological polar surface area (TPSA) is 81.4 Å². The van der Waals surface area contributed by atoms with E-state index in [0.29, 0.717) is 5.56 Å². The zero-order chi connectivity index (χ0) is 21.8. The monoisotopic (exact) mass is 418 g/mol. The highest BCUT2D eigenvalue weighted by Crippen LogP contribution is 2.36. The van der Waals surface area contributed by atoms with Crippen molar-refractivity contribution in [3.05, 3.63) is 35.4 Å². The maximum absolute atomic E-state index is 12.6. The average molecular weight is 419 g/mol. The van der Waals surface area contributed by atoms with Gasteiger partial charge in [-0.25, -0.2) is 0 Å². The third-order valence-electron chi connectivity index (χ3n) is 5.00. The number of hydrogen-bond donors (Lipinski definition) is 2. The van der Waals surface area contributed by atoms with Gasteiger partial charge in [-0.1, -0.05) is 32.9 Å². The van der Waals surface area contributed by atoms with Gasteiger partial charge in [-0.2, -0.15) is 13.2 Å². The molecule has 5 nitrogen and oxygen atoms in total. The zero-order valence-corrected chi connectivity index (χ0v) is 17.9. The summed E-state index contributed by atoms with van der Waals surface area (Å²) in [6.07, 6.45) is -4.34. The van der Waals surface area contributed by atoms with E-state index in [9.17, 15) is 22.8 Å². The predicted molar refractivity (Wildman–Crippen MR) is 104 cm³/mol. The molecule has 1 rings (SSSR count). The third-order valence-corrected chi connectivity index (χ3v) is 9.54. The van der Waals surface area contributed by atoms with Crippen molar-refractivity contribution in [2.45, 2.75) is 64.0 Å². The molecule has 1 aromatic rings. The Bertz CT molecular complexity index is 683. The summed E-state index contributed by atoms with van der Waals surface area (Å²) in [7, 11) is -1.99. The van der Waals surface area contributed by atoms with E-state index in [4.69, 9.17) is 10.2 Å². The molecule has 0 unspecified atom stereocenters. The molecular formula is C19H29F3N2O3Si. The minimum atomic E-state index is -4.43. The van der Waals surface area contributed by atoms with E-state index in [0.717, 1.165) is 12.1 Å². The molecule has 0 aliphatic rings. The Hall–Kier alpha value is -1.87. The molecule has 1 aromatic carbocycles. The molecule has 28 heavy (non-hydrogen) atoms. The largest absolute Gasteiger partial charge is 0.417 e. The molecule has 0 aliphatic heterocycles. The summed E-state index contributed by atoms with van der Waals surface area (Å²) >= 11 is 0. The molecule has 0 heterocycles. The second-order valence-electron chi connectivity index (χ2n) is 8.29. The maximum atomic E-state index is 12.6. The summed E-state index contributed by atoms with van der Waals surface area (Å²) < 4.78 is 43.7. The average Bonchev–Trinajstić information content (AvgIpc) is 2.52. The van der Waals surface area contributed by atoms with Crippen molar-refractivity contribution in [1.29, 1.82) is 0 Å². The Morgan fingerprint density at radius 2 is 1.68 bits per heavy atom. The van der Waals surface area contributed by atoms with Crippen molar-refractivity contribution < 1.29 is 27.2 Å². The summed E-state index contributed by atoms with van der Waals surface area (Å²) in [4.78, 5) is 23.8. The Labute approximate surface area is 165 Å². The van der Waals surface area contributed by atoms with Crippen molar-refractivity contribution in [3.63, 3.8) is 0 Å². The first-order chi connectivity index (χ1) is 12.6. The Morgan fingerprint density at radius 3 is 2.11 bits per heavy atom. The van der Waals surface area contributed by atoms with E-state index in [-0.39, 0.29) is 24.5 Å². The lowest BCUT2D eigenvalue weighted by molar-refractivity contribution is -0.137. The quantitative estimate of drug-likeness (QED) is 0.633. The van der Waals surface area contributed by atoms with Crippen LogP contribution in [0.3, 0.4) is 0 Å². The molecular weight excluding hydrogens is 389 g/mol. The van der Waals surface area contributed by atoms with Gasteiger partial charge in [-0.3, -0.25) is 9.59 Å². The van der Waals surface area contributed by atoms with Crippen LogP contribution in [0, 0.1) is 0 Å². The molecule has 0 aromatic heterocycles. The number of carbonyl (C=O) groups excluding carboxylic acids is 2. The molecule has 2 amide bonds.